The third kappa shape index (κ3) is 2.13. The summed E-state index contributed by atoms with van der Waals surface area (Å²) in [4.78, 5) is 0. The first kappa shape index (κ1) is 6.39. The van der Waals surface area contributed by atoms with Crippen LogP contribution >= 0.6 is 0 Å². The molecule has 0 rings (SSSR count). The number of aliphatic hydroxyl groups excluding tert-OH is 1. The maximum atomic E-state index is 8.09. The van der Waals surface area contributed by atoms with Crippen molar-refractivity contribution in [1.29, 1.82) is 0 Å². The summed E-state index contributed by atoms with van der Waals surface area (Å²) in [5, 5.41) is 26.4. The van der Waals surface area contributed by atoms with Crippen molar-refractivity contribution in [3.63, 3.8) is 0 Å². The van der Waals surface area contributed by atoms with E-state index in [4.69, 9.17) is 15.4 Å². The Morgan fingerprint density at radius 2 is 2.00 bits per heavy atom. The minimum atomic E-state index is -1.63. The van der Waals surface area contributed by atoms with E-state index in [9.17, 15) is 0 Å². The first-order chi connectivity index (χ1) is 3.18. The highest BCUT2D eigenvalue weighted by atomic mass is 16.5. The Bertz CT molecular complexity index is 78.2. The minimum absolute atomic E-state index is 0.111. The molecule has 0 aromatic heterocycles. The summed E-state index contributed by atoms with van der Waals surface area (Å²) >= 11 is 0. The zero-order valence-corrected chi connectivity index (χ0v) is 3.87. The Labute approximate surface area is 40.7 Å². The highest BCUT2D eigenvalue weighted by molar-refractivity contribution is 5.83. The molecule has 3 N–H and O–H groups in total. The molecule has 0 aliphatic rings. The summed E-state index contributed by atoms with van der Waals surface area (Å²) in [6.07, 6.45) is -1.63. The number of nitrogens with zero attached hydrogens (tertiary/aromatic N) is 1. The van der Waals surface area contributed by atoms with Gasteiger partial charge in [-0.2, -0.15) is 0 Å². The van der Waals surface area contributed by atoms with Crippen molar-refractivity contribution in [2.75, 3.05) is 0 Å². The lowest BCUT2D eigenvalue weighted by atomic mass is 10.4. The molecule has 7 heavy (non-hydrogen) atoms. The first-order valence-corrected chi connectivity index (χ1v) is 1.73. The van der Waals surface area contributed by atoms with E-state index in [1.165, 1.54) is 6.92 Å². The second kappa shape index (κ2) is 2.54. The normalized spacial score (nSPS) is 12.9. The summed E-state index contributed by atoms with van der Waals surface area (Å²) in [6, 6.07) is 0. The Balaban J connectivity index is 3.56. The van der Waals surface area contributed by atoms with Crippen LogP contribution in [-0.4, -0.2) is 27.4 Å². The van der Waals surface area contributed by atoms with Crippen LogP contribution in [0.2, 0.25) is 0 Å². The summed E-state index contributed by atoms with van der Waals surface area (Å²) in [5.41, 5.74) is -0.111. The molecular formula is C3H7NO3. The third-order valence-electron chi connectivity index (χ3n) is 0.531. The molecule has 0 spiro atoms. The minimum Gasteiger partial charge on any atom is -0.411 e. The van der Waals surface area contributed by atoms with Gasteiger partial charge in [0.2, 0.25) is 0 Å². The molecule has 4 nitrogen and oxygen atoms in total. The second-order valence-electron chi connectivity index (χ2n) is 1.12. The van der Waals surface area contributed by atoms with E-state index in [2.05, 4.69) is 5.16 Å². The fourth-order valence-electron chi connectivity index (χ4n) is 0.0516. The molecule has 0 aliphatic heterocycles. The van der Waals surface area contributed by atoms with Crippen molar-refractivity contribution in [3.8, 4) is 0 Å². The topological polar surface area (TPSA) is 73.1 Å². The fourth-order valence-corrected chi connectivity index (χ4v) is 0.0516. The highest BCUT2D eigenvalue weighted by Crippen LogP contribution is 1.78. The summed E-state index contributed by atoms with van der Waals surface area (Å²) in [5.74, 6) is 0. The van der Waals surface area contributed by atoms with Crippen LogP contribution in [0.15, 0.2) is 5.16 Å². The Hall–Kier alpha value is -0.610. The van der Waals surface area contributed by atoms with Gasteiger partial charge in [-0.1, -0.05) is 5.16 Å². The Morgan fingerprint density at radius 3 is 2.00 bits per heavy atom. The summed E-state index contributed by atoms with van der Waals surface area (Å²) < 4.78 is 0. The van der Waals surface area contributed by atoms with E-state index >= 15 is 0 Å². The van der Waals surface area contributed by atoms with Crippen LogP contribution in [-0.2, 0) is 0 Å². The lowest BCUT2D eigenvalue weighted by Crippen LogP contribution is -2.15. The largest absolute Gasteiger partial charge is 0.411 e. The molecule has 0 amide bonds. The molecule has 0 bridgehead atoms. The average molecular weight is 105 g/mol. The second-order valence-corrected chi connectivity index (χ2v) is 1.12. The Kier molecular flexibility index (Phi) is 2.32. The molecule has 0 fully saturated rings. The molecule has 4 heteroatoms. The van der Waals surface area contributed by atoms with Crippen molar-refractivity contribution in [1.82, 2.24) is 0 Å². The van der Waals surface area contributed by atoms with Gasteiger partial charge in [0.1, 0.15) is 5.71 Å². The molecular weight excluding hydrogens is 98.0 g/mol. The van der Waals surface area contributed by atoms with Crippen LogP contribution in [0, 0.1) is 0 Å². The zero-order valence-electron chi connectivity index (χ0n) is 3.87. The molecule has 0 aromatic carbocycles. The number of rotatable bonds is 1. The lowest BCUT2D eigenvalue weighted by molar-refractivity contribution is 0.0167. The molecule has 42 valence electrons. The van der Waals surface area contributed by atoms with Crippen LogP contribution in [0.3, 0.4) is 0 Å². The monoisotopic (exact) mass is 105 g/mol. The molecule has 0 saturated carbocycles. The number of oxime groups is 1. The van der Waals surface area contributed by atoms with Crippen LogP contribution < -0.4 is 0 Å². The van der Waals surface area contributed by atoms with Crippen LogP contribution in [0.4, 0.5) is 0 Å². The number of hydrogen-bond donors (Lipinski definition) is 3. The number of hydrogen-bond acceptors (Lipinski definition) is 4. The highest BCUT2D eigenvalue weighted by Gasteiger charge is 1.98. The molecule has 0 aromatic rings. The SMILES string of the molecule is C/C(=N\O)C(O)O. The third-order valence-corrected chi connectivity index (χ3v) is 0.531. The zero-order chi connectivity index (χ0) is 5.86. The van der Waals surface area contributed by atoms with Crippen LogP contribution in [0.25, 0.3) is 0 Å². The molecule has 0 unspecified atom stereocenters. The van der Waals surface area contributed by atoms with Gasteiger partial charge in [-0.3, -0.25) is 0 Å². The van der Waals surface area contributed by atoms with Gasteiger partial charge >= 0.3 is 0 Å². The van der Waals surface area contributed by atoms with Crippen molar-refractivity contribution < 1.29 is 15.4 Å². The van der Waals surface area contributed by atoms with Crippen molar-refractivity contribution >= 4 is 5.71 Å². The van der Waals surface area contributed by atoms with Gasteiger partial charge in [-0.15, -0.1) is 0 Å². The molecule has 0 atom stereocenters. The first-order valence-electron chi connectivity index (χ1n) is 1.73. The van der Waals surface area contributed by atoms with Crippen molar-refractivity contribution in [2.24, 2.45) is 5.16 Å². The standard InChI is InChI=1S/C3H7NO3/c1-2(4-7)3(5)6/h3,5-7H,1H3/b4-2+. The van der Waals surface area contributed by atoms with Crippen LogP contribution in [0.5, 0.6) is 0 Å². The van der Waals surface area contributed by atoms with Gasteiger partial charge in [-0.25, -0.2) is 0 Å². The lowest BCUT2D eigenvalue weighted by Gasteiger charge is -1.95. The predicted octanol–water partition coefficient (Wildman–Crippen LogP) is -0.853. The van der Waals surface area contributed by atoms with Crippen molar-refractivity contribution in [2.45, 2.75) is 13.2 Å². The van der Waals surface area contributed by atoms with Crippen molar-refractivity contribution in [3.05, 3.63) is 0 Å². The average Bonchev–Trinajstić information content (AvgIpc) is 1.65. The molecule has 0 radical (unpaired) electrons. The predicted molar refractivity (Wildman–Crippen MR) is 23.1 cm³/mol. The van der Waals surface area contributed by atoms with Gasteiger partial charge in [0.15, 0.2) is 6.29 Å². The van der Waals surface area contributed by atoms with E-state index in [1.54, 1.807) is 0 Å². The van der Waals surface area contributed by atoms with E-state index in [0.717, 1.165) is 0 Å². The number of aliphatic hydroxyl groups is 2. The summed E-state index contributed by atoms with van der Waals surface area (Å²) in [6.45, 7) is 1.30. The molecule has 0 heterocycles. The van der Waals surface area contributed by atoms with E-state index in [0.29, 0.717) is 0 Å². The Morgan fingerprint density at radius 1 is 1.57 bits per heavy atom. The maximum absolute atomic E-state index is 8.09. The van der Waals surface area contributed by atoms with Gasteiger partial charge in [0.25, 0.3) is 0 Å². The van der Waals surface area contributed by atoms with E-state index < -0.39 is 6.29 Å². The van der Waals surface area contributed by atoms with Gasteiger partial charge in [0, 0.05) is 0 Å². The quantitative estimate of drug-likeness (QED) is 0.176. The maximum Gasteiger partial charge on any atom is 0.195 e. The fraction of sp³-hybridized carbons (Fsp3) is 0.667. The molecule has 0 aliphatic carbocycles. The van der Waals surface area contributed by atoms with Gasteiger partial charge < -0.3 is 15.4 Å². The van der Waals surface area contributed by atoms with Gasteiger partial charge in [-0.05, 0) is 6.92 Å². The van der Waals surface area contributed by atoms with E-state index in [1.807, 2.05) is 0 Å². The summed E-state index contributed by atoms with van der Waals surface area (Å²) in [7, 11) is 0. The van der Waals surface area contributed by atoms with Crippen LogP contribution in [0.1, 0.15) is 6.92 Å². The van der Waals surface area contributed by atoms with Gasteiger partial charge in [0.05, 0.1) is 0 Å². The van der Waals surface area contributed by atoms with E-state index in [-0.39, 0.29) is 5.71 Å². The molecule has 0 saturated heterocycles. The smallest absolute Gasteiger partial charge is 0.195 e.